The lowest BCUT2D eigenvalue weighted by Crippen LogP contribution is -2.18. The highest BCUT2D eigenvalue weighted by Gasteiger charge is 2.29. The van der Waals surface area contributed by atoms with Crippen molar-refractivity contribution in [1.29, 1.82) is 0 Å². The van der Waals surface area contributed by atoms with Crippen molar-refractivity contribution in [3.05, 3.63) is 71.0 Å². The van der Waals surface area contributed by atoms with Crippen LogP contribution in [0.1, 0.15) is 11.1 Å². The number of fused-ring (bicyclic) bond motifs is 2. The first-order chi connectivity index (χ1) is 8.43. The molecule has 4 rings (SSSR count). The van der Waals surface area contributed by atoms with Crippen LogP contribution >= 0.6 is 0 Å². The molecule has 0 fully saturated rings. The summed E-state index contributed by atoms with van der Waals surface area (Å²) >= 11 is 0. The Bertz CT molecular complexity index is 654. The first-order valence-electron chi connectivity index (χ1n) is 5.86. The van der Waals surface area contributed by atoms with Crippen molar-refractivity contribution in [1.82, 2.24) is 0 Å². The molecule has 0 amide bonds. The zero-order valence-corrected chi connectivity index (χ0v) is 9.30. The fraction of sp³-hybridized carbons (Fsp3) is 0.0625. The highest BCUT2D eigenvalue weighted by atomic mass is 14.7. The molecule has 80 valence electrons. The summed E-state index contributed by atoms with van der Waals surface area (Å²) in [5.41, 5.74) is 6.65. The van der Waals surface area contributed by atoms with Gasteiger partial charge in [0, 0.05) is 18.3 Å². The summed E-state index contributed by atoms with van der Waals surface area (Å²) in [5, 5.41) is 0. The fourth-order valence-electron chi connectivity index (χ4n) is 2.84. The molecular weight excluding hydrogens is 206 g/mol. The van der Waals surface area contributed by atoms with Gasteiger partial charge in [-0.2, -0.15) is 0 Å². The molecule has 1 heterocycles. The molecule has 17 heavy (non-hydrogen) atoms. The van der Waals surface area contributed by atoms with E-state index in [1.54, 1.807) is 0 Å². The van der Waals surface area contributed by atoms with Gasteiger partial charge in [0.15, 0.2) is 0 Å². The second-order valence-corrected chi connectivity index (χ2v) is 4.55. The SMILES string of the molecule is C1=CC2=CN=CC3=Cc4ccccc4C(=C1)C23. The van der Waals surface area contributed by atoms with Crippen molar-refractivity contribution in [2.75, 3.05) is 0 Å². The number of nitrogens with zero attached hydrogens (tertiary/aromatic N) is 1. The van der Waals surface area contributed by atoms with Crippen LogP contribution in [0, 0.1) is 5.92 Å². The second kappa shape index (κ2) is 3.17. The largest absolute Gasteiger partial charge is 0.264 e. The van der Waals surface area contributed by atoms with E-state index in [1.807, 2.05) is 12.4 Å². The zero-order chi connectivity index (χ0) is 11.2. The maximum Gasteiger partial charge on any atom is 0.0376 e. The molecule has 1 atom stereocenters. The van der Waals surface area contributed by atoms with Gasteiger partial charge in [0.05, 0.1) is 0 Å². The van der Waals surface area contributed by atoms with Gasteiger partial charge in [-0.15, -0.1) is 0 Å². The summed E-state index contributed by atoms with van der Waals surface area (Å²) in [5.74, 6) is 0.396. The predicted octanol–water partition coefficient (Wildman–Crippen LogP) is 3.62. The van der Waals surface area contributed by atoms with Crippen LogP contribution in [0.5, 0.6) is 0 Å². The summed E-state index contributed by atoms with van der Waals surface area (Å²) in [6, 6.07) is 8.57. The van der Waals surface area contributed by atoms with E-state index in [-0.39, 0.29) is 0 Å². The van der Waals surface area contributed by atoms with Crippen molar-refractivity contribution in [2.45, 2.75) is 0 Å². The lowest BCUT2D eigenvalue weighted by atomic mass is 9.73. The highest BCUT2D eigenvalue weighted by molar-refractivity contribution is 5.99. The molecule has 1 aromatic rings. The molecule has 1 unspecified atom stereocenters. The summed E-state index contributed by atoms with van der Waals surface area (Å²) in [4.78, 5) is 4.32. The molecule has 1 aliphatic heterocycles. The van der Waals surface area contributed by atoms with Crippen LogP contribution in [0.25, 0.3) is 11.6 Å². The Balaban J connectivity index is 2.06. The molecule has 1 heteroatoms. The summed E-state index contributed by atoms with van der Waals surface area (Å²) in [7, 11) is 0. The Hall–Kier alpha value is -2.15. The Labute approximate surface area is 100 Å². The Morgan fingerprint density at radius 3 is 3.00 bits per heavy atom. The molecule has 0 radical (unpaired) electrons. The minimum absolute atomic E-state index is 0.396. The second-order valence-electron chi connectivity index (χ2n) is 4.55. The molecule has 1 nitrogen and oxygen atoms in total. The van der Waals surface area contributed by atoms with E-state index in [2.05, 4.69) is 53.6 Å². The predicted molar refractivity (Wildman–Crippen MR) is 71.6 cm³/mol. The third-order valence-electron chi connectivity index (χ3n) is 3.58. The van der Waals surface area contributed by atoms with Gasteiger partial charge >= 0.3 is 0 Å². The van der Waals surface area contributed by atoms with Gasteiger partial charge in [-0.25, -0.2) is 0 Å². The third-order valence-corrected chi connectivity index (χ3v) is 3.58. The molecule has 0 saturated carbocycles. The van der Waals surface area contributed by atoms with E-state index in [0.29, 0.717) is 5.92 Å². The highest BCUT2D eigenvalue weighted by Crippen LogP contribution is 2.44. The van der Waals surface area contributed by atoms with E-state index in [1.165, 1.54) is 27.8 Å². The van der Waals surface area contributed by atoms with Crippen LogP contribution < -0.4 is 0 Å². The van der Waals surface area contributed by atoms with E-state index in [0.717, 1.165) is 0 Å². The first kappa shape index (κ1) is 8.94. The standard InChI is InChI=1S/C16H11N/c1-2-6-14-11(4-1)8-13-10-17-9-12-5-3-7-15(14)16(12)13/h1-10,16H. The number of benzene rings is 1. The van der Waals surface area contributed by atoms with Crippen LogP contribution in [0.4, 0.5) is 0 Å². The number of hydrogen-bond acceptors (Lipinski definition) is 1. The molecule has 3 aliphatic rings. The van der Waals surface area contributed by atoms with E-state index in [4.69, 9.17) is 0 Å². The quantitative estimate of drug-likeness (QED) is 0.629. The Morgan fingerprint density at radius 1 is 1.06 bits per heavy atom. The van der Waals surface area contributed by atoms with Crippen molar-refractivity contribution in [3.8, 4) is 0 Å². The molecular formula is C16H11N. The van der Waals surface area contributed by atoms with Crippen molar-refractivity contribution >= 4 is 17.9 Å². The molecule has 2 aliphatic carbocycles. The van der Waals surface area contributed by atoms with Crippen LogP contribution in [0.15, 0.2) is 64.8 Å². The third kappa shape index (κ3) is 1.17. The number of aliphatic imine (C=N–C) groups is 1. The Morgan fingerprint density at radius 2 is 2.00 bits per heavy atom. The van der Waals surface area contributed by atoms with Gasteiger partial charge in [-0.3, -0.25) is 4.99 Å². The van der Waals surface area contributed by atoms with Gasteiger partial charge in [0.25, 0.3) is 0 Å². The smallest absolute Gasteiger partial charge is 0.0376 e. The minimum atomic E-state index is 0.396. The normalized spacial score (nSPS) is 23.3. The van der Waals surface area contributed by atoms with Crippen LogP contribution in [-0.2, 0) is 0 Å². The summed E-state index contributed by atoms with van der Waals surface area (Å²) < 4.78 is 0. The van der Waals surface area contributed by atoms with E-state index in [9.17, 15) is 0 Å². The van der Waals surface area contributed by atoms with Gasteiger partial charge in [0.2, 0.25) is 0 Å². The molecule has 0 aromatic heterocycles. The monoisotopic (exact) mass is 217 g/mol. The van der Waals surface area contributed by atoms with Gasteiger partial charge in [-0.1, -0.05) is 42.5 Å². The van der Waals surface area contributed by atoms with Crippen molar-refractivity contribution in [3.63, 3.8) is 0 Å². The maximum atomic E-state index is 4.32. The van der Waals surface area contributed by atoms with Crippen molar-refractivity contribution in [2.24, 2.45) is 10.9 Å². The first-order valence-corrected chi connectivity index (χ1v) is 5.86. The lowest BCUT2D eigenvalue weighted by Gasteiger charge is -2.31. The summed E-state index contributed by atoms with van der Waals surface area (Å²) in [6.45, 7) is 0. The maximum absolute atomic E-state index is 4.32. The van der Waals surface area contributed by atoms with Crippen molar-refractivity contribution < 1.29 is 0 Å². The average Bonchev–Trinajstić information content (AvgIpc) is 2.39. The topological polar surface area (TPSA) is 12.4 Å². The fourth-order valence-corrected chi connectivity index (χ4v) is 2.84. The molecule has 0 saturated heterocycles. The minimum Gasteiger partial charge on any atom is -0.264 e. The number of rotatable bonds is 0. The average molecular weight is 217 g/mol. The lowest BCUT2D eigenvalue weighted by molar-refractivity contribution is 0.962. The molecule has 0 spiro atoms. The van der Waals surface area contributed by atoms with Gasteiger partial charge in [0.1, 0.15) is 0 Å². The van der Waals surface area contributed by atoms with Gasteiger partial charge < -0.3 is 0 Å². The molecule has 1 aromatic carbocycles. The number of allylic oxidation sites excluding steroid dienone is 6. The van der Waals surface area contributed by atoms with Gasteiger partial charge in [-0.05, 0) is 33.9 Å². The van der Waals surface area contributed by atoms with Crippen LogP contribution in [-0.4, -0.2) is 6.21 Å². The summed E-state index contributed by atoms with van der Waals surface area (Å²) in [6.07, 6.45) is 12.7. The Kier molecular flexibility index (Phi) is 1.67. The number of hydrogen-bond donors (Lipinski definition) is 0. The zero-order valence-electron chi connectivity index (χ0n) is 9.30. The van der Waals surface area contributed by atoms with Crippen LogP contribution in [0.2, 0.25) is 0 Å². The van der Waals surface area contributed by atoms with E-state index >= 15 is 0 Å². The van der Waals surface area contributed by atoms with E-state index < -0.39 is 0 Å². The molecule has 0 N–H and O–H groups in total. The van der Waals surface area contributed by atoms with Crippen LogP contribution in [0.3, 0.4) is 0 Å². The molecule has 0 bridgehead atoms.